The third-order valence-electron chi connectivity index (χ3n) is 4.76. The Bertz CT molecular complexity index is 1230. The molecule has 3 aromatic carbocycles. The highest BCUT2D eigenvalue weighted by Crippen LogP contribution is 2.35. The van der Waals surface area contributed by atoms with E-state index in [2.05, 4.69) is 37.2 Å². The summed E-state index contributed by atoms with van der Waals surface area (Å²) in [4.78, 5) is 12.7. The molecule has 0 heterocycles. The average Bonchev–Trinajstić information content (AvgIpc) is 2.85. The standard InChI is InChI=1S/C27H24Br2N2O4/c1-3-33-23-11-9-22(10-12-23)31-27(32)20(16-30)13-19-14-25(34-4-2)26(15-24(19)29)35-17-18-5-7-21(28)8-6-18/h5-15H,3-4,17H2,1-2H3,(H,31,32)/b20-13+. The van der Waals surface area contributed by atoms with Gasteiger partial charge in [0.1, 0.15) is 24.0 Å². The van der Waals surface area contributed by atoms with Gasteiger partial charge in [-0.25, -0.2) is 0 Å². The first-order chi connectivity index (χ1) is 16.9. The molecule has 35 heavy (non-hydrogen) atoms. The molecule has 0 aliphatic carbocycles. The quantitative estimate of drug-likeness (QED) is 0.198. The van der Waals surface area contributed by atoms with E-state index in [1.165, 1.54) is 6.08 Å². The van der Waals surface area contributed by atoms with E-state index >= 15 is 0 Å². The van der Waals surface area contributed by atoms with Gasteiger partial charge in [-0.1, -0.05) is 44.0 Å². The second kappa shape index (κ2) is 13.0. The molecule has 1 amide bonds. The zero-order valence-electron chi connectivity index (χ0n) is 19.3. The van der Waals surface area contributed by atoms with Gasteiger partial charge >= 0.3 is 0 Å². The summed E-state index contributed by atoms with van der Waals surface area (Å²) < 4.78 is 18.8. The Kier molecular flexibility index (Phi) is 9.76. The normalized spacial score (nSPS) is 10.9. The molecule has 0 saturated carbocycles. The number of rotatable bonds is 10. The Labute approximate surface area is 221 Å². The van der Waals surface area contributed by atoms with Crippen LogP contribution in [0.5, 0.6) is 17.2 Å². The molecule has 180 valence electrons. The van der Waals surface area contributed by atoms with Gasteiger partial charge in [-0.15, -0.1) is 0 Å². The molecule has 0 aromatic heterocycles. The summed E-state index contributed by atoms with van der Waals surface area (Å²) in [6.45, 7) is 5.13. The number of nitrogens with one attached hydrogen (secondary N) is 1. The minimum atomic E-state index is -0.517. The van der Waals surface area contributed by atoms with E-state index in [0.29, 0.717) is 52.8 Å². The Hall–Kier alpha value is -3.28. The van der Waals surface area contributed by atoms with Crippen molar-refractivity contribution < 1.29 is 19.0 Å². The monoisotopic (exact) mass is 598 g/mol. The van der Waals surface area contributed by atoms with E-state index in [-0.39, 0.29) is 5.57 Å². The highest BCUT2D eigenvalue weighted by Gasteiger charge is 2.14. The number of nitriles is 1. The van der Waals surface area contributed by atoms with Gasteiger partial charge in [0.05, 0.1) is 13.2 Å². The summed E-state index contributed by atoms with van der Waals surface area (Å²) >= 11 is 6.95. The Morgan fingerprint density at radius 3 is 2.23 bits per heavy atom. The van der Waals surface area contributed by atoms with Gasteiger partial charge < -0.3 is 19.5 Å². The summed E-state index contributed by atoms with van der Waals surface area (Å²) in [5.41, 5.74) is 2.13. The lowest BCUT2D eigenvalue weighted by Crippen LogP contribution is -2.13. The predicted molar refractivity (Wildman–Crippen MR) is 144 cm³/mol. The van der Waals surface area contributed by atoms with E-state index in [0.717, 1.165) is 10.0 Å². The van der Waals surface area contributed by atoms with Crippen LogP contribution in [-0.4, -0.2) is 19.1 Å². The van der Waals surface area contributed by atoms with Crippen molar-refractivity contribution in [2.45, 2.75) is 20.5 Å². The van der Waals surface area contributed by atoms with Crippen LogP contribution >= 0.6 is 31.9 Å². The second-order valence-electron chi connectivity index (χ2n) is 7.25. The molecule has 8 heteroatoms. The molecule has 0 atom stereocenters. The topological polar surface area (TPSA) is 80.6 Å². The molecule has 0 aliphatic heterocycles. The van der Waals surface area contributed by atoms with Gasteiger partial charge in [-0.2, -0.15) is 5.26 Å². The fourth-order valence-corrected chi connectivity index (χ4v) is 3.79. The number of nitrogens with zero attached hydrogens (tertiary/aromatic N) is 1. The molecule has 3 aromatic rings. The Morgan fingerprint density at radius 1 is 0.943 bits per heavy atom. The SMILES string of the molecule is CCOc1ccc(NC(=O)/C(C#N)=C/c2cc(OCC)c(OCc3ccc(Br)cc3)cc2Br)cc1. The molecular formula is C27H24Br2N2O4. The number of benzene rings is 3. The number of amides is 1. The highest BCUT2D eigenvalue weighted by molar-refractivity contribution is 9.10. The summed E-state index contributed by atoms with van der Waals surface area (Å²) in [5.74, 6) is 1.26. The van der Waals surface area contributed by atoms with Crippen molar-refractivity contribution in [3.8, 4) is 23.3 Å². The van der Waals surface area contributed by atoms with Crippen LogP contribution < -0.4 is 19.5 Å². The summed E-state index contributed by atoms with van der Waals surface area (Å²) in [6, 6.07) is 20.3. The molecular weight excluding hydrogens is 576 g/mol. The summed E-state index contributed by atoms with van der Waals surface area (Å²) in [6.07, 6.45) is 1.51. The molecule has 1 N–H and O–H groups in total. The molecule has 0 bridgehead atoms. The van der Waals surface area contributed by atoms with E-state index < -0.39 is 5.91 Å². The van der Waals surface area contributed by atoms with E-state index in [9.17, 15) is 10.1 Å². The van der Waals surface area contributed by atoms with E-state index in [4.69, 9.17) is 14.2 Å². The number of carbonyl (C=O) groups excluding carboxylic acids is 1. The van der Waals surface area contributed by atoms with Crippen LogP contribution in [0, 0.1) is 11.3 Å². The van der Waals surface area contributed by atoms with E-state index in [1.54, 1.807) is 36.4 Å². The molecule has 0 spiro atoms. The average molecular weight is 600 g/mol. The van der Waals surface area contributed by atoms with Crippen LogP contribution in [-0.2, 0) is 11.4 Å². The number of hydrogen-bond acceptors (Lipinski definition) is 5. The van der Waals surface area contributed by atoms with Crippen molar-refractivity contribution >= 4 is 49.5 Å². The number of carbonyl (C=O) groups is 1. The van der Waals surface area contributed by atoms with Gasteiger partial charge in [0, 0.05) is 14.6 Å². The highest BCUT2D eigenvalue weighted by atomic mass is 79.9. The van der Waals surface area contributed by atoms with Gasteiger partial charge in [0.15, 0.2) is 11.5 Å². The van der Waals surface area contributed by atoms with Crippen LogP contribution in [0.25, 0.3) is 6.08 Å². The van der Waals surface area contributed by atoms with Gasteiger partial charge in [0.25, 0.3) is 5.91 Å². The van der Waals surface area contributed by atoms with Crippen molar-refractivity contribution in [1.82, 2.24) is 0 Å². The number of halogens is 2. The molecule has 0 saturated heterocycles. The Balaban J connectivity index is 1.80. The maximum absolute atomic E-state index is 12.7. The van der Waals surface area contributed by atoms with Crippen molar-refractivity contribution in [2.75, 3.05) is 18.5 Å². The van der Waals surface area contributed by atoms with Crippen molar-refractivity contribution in [1.29, 1.82) is 5.26 Å². The number of hydrogen-bond donors (Lipinski definition) is 1. The van der Waals surface area contributed by atoms with Gasteiger partial charge in [-0.05, 0) is 79.6 Å². The van der Waals surface area contributed by atoms with Crippen LogP contribution in [0.1, 0.15) is 25.0 Å². The van der Waals surface area contributed by atoms with E-state index in [1.807, 2.05) is 44.2 Å². The maximum atomic E-state index is 12.7. The first kappa shape index (κ1) is 26.3. The molecule has 3 rings (SSSR count). The van der Waals surface area contributed by atoms with Crippen LogP contribution in [0.2, 0.25) is 0 Å². The van der Waals surface area contributed by atoms with Crippen LogP contribution in [0.3, 0.4) is 0 Å². The lowest BCUT2D eigenvalue weighted by Gasteiger charge is -2.14. The molecule has 0 radical (unpaired) electrons. The molecule has 0 unspecified atom stereocenters. The number of anilines is 1. The fourth-order valence-electron chi connectivity index (χ4n) is 3.09. The van der Waals surface area contributed by atoms with Gasteiger partial charge in [-0.3, -0.25) is 4.79 Å². The predicted octanol–water partition coefficient (Wildman–Crippen LogP) is 7.13. The maximum Gasteiger partial charge on any atom is 0.266 e. The largest absolute Gasteiger partial charge is 0.494 e. The summed E-state index contributed by atoms with van der Waals surface area (Å²) in [5, 5.41) is 12.4. The zero-order chi connectivity index (χ0) is 25.2. The summed E-state index contributed by atoms with van der Waals surface area (Å²) in [7, 11) is 0. The number of ether oxygens (including phenoxy) is 3. The third-order valence-corrected chi connectivity index (χ3v) is 5.97. The second-order valence-corrected chi connectivity index (χ2v) is 9.02. The first-order valence-corrected chi connectivity index (χ1v) is 12.5. The van der Waals surface area contributed by atoms with Crippen LogP contribution in [0.15, 0.2) is 75.2 Å². The van der Waals surface area contributed by atoms with Crippen molar-refractivity contribution in [3.63, 3.8) is 0 Å². The molecule has 0 aliphatic rings. The third kappa shape index (κ3) is 7.61. The van der Waals surface area contributed by atoms with Gasteiger partial charge in [0.2, 0.25) is 0 Å². The van der Waals surface area contributed by atoms with Crippen LogP contribution in [0.4, 0.5) is 5.69 Å². The minimum absolute atomic E-state index is 0.0504. The van der Waals surface area contributed by atoms with Crippen molar-refractivity contribution in [3.05, 3.63) is 86.3 Å². The zero-order valence-corrected chi connectivity index (χ0v) is 22.5. The lowest BCUT2D eigenvalue weighted by atomic mass is 10.1. The van der Waals surface area contributed by atoms with Crippen molar-refractivity contribution in [2.24, 2.45) is 0 Å². The molecule has 0 fully saturated rings. The lowest BCUT2D eigenvalue weighted by molar-refractivity contribution is -0.112. The first-order valence-electron chi connectivity index (χ1n) is 10.9. The smallest absolute Gasteiger partial charge is 0.266 e. The minimum Gasteiger partial charge on any atom is -0.494 e. The fraction of sp³-hybridized carbons (Fsp3) is 0.185. The molecule has 6 nitrogen and oxygen atoms in total. The Morgan fingerprint density at radius 2 is 1.60 bits per heavy atom.